The second-order valence-electron chi connectivity index (χ2n) is 6.37. The maximum atomic E-state index is 11.6. The molecule has 0 radical (unpaired) electrons. The first kappa shape index (κ1) is 12.2. The molecule has 1 nitrogen and oxygen atoms in total. The van der Waals surface area contributed by atoms with Gasteiger partial charge in [-0.3, -0.25) is 4.79 Å². The standard InChI is InChI=1S/C17H24O/c1-3-14-11(2)4-7-17-15-9-6-13(18)10-12(15)5-8-16(14)17/h10-11,14,16H,3-9H2,1-2H3/t11?,14?,16-/m0/s1. The number of rotatable bonds is 1. The molecule has 1 heteroatoms. The van der Waals surface area contributed by atoms with Crippen molar-refractivity contribution >= 4 is 5.78 Å². The molecule has 98 valence electrons. The molecule has 3 rings (SSSR count). The average Bonchev–Trinajstić information content (AvgIpc) is 2.37. The Labute approximate surface area is 110 Å². The lowest BCUT2D eigenvalue weighted by molar-refractivity contribution is -0.114. The molecule has 0 spiro atoms. The summed E-state index contributed by atoms with van der Waals surface area (Å²) in [4.78, 5) is 11.6. The van der Waals surface area contributed by atoms with Crippen molar-refractivity contribution in [2.45, 2.75) is 58.8 Å². The minimum atomic E-state index is 0.351. The molecule has 0 amide bonds. The van der Waals surface area contributed by atoms with Crippen molar-refractivity contribution in [1.82, 2.24) is 0 Å². The summed E-state index contributed by atoms with van der Waals surface area (Å²) in [6.45, 7) is 4.79. The summed E-state index contributed by atoms with van der Waals surface area (Å²) in [5.74, 6) is 2.96. The second kappa shape index (κ2) is 4.68. The van der Waals surface area contributed by atoms with Gasteiger partial charge in [0.05, 0.1) is 0 Å². The number of fused-ring (bicyclic) bond motifs is 2. The van der Waals surface area contributed by atoms with Crippen molar-refractivity contribution in [2.24, 2.45) is 17.8 Å². The Morgan fingerprint density at radius 3 is 2.78 bits per heavy atom. The van der Waals surface area contributed by atoms with Crippen molar-refractivity contribution in [3.63, 3.8) is 0 Å². The van der Waals surface area contributed by atoms with E-state index in [-0.39, 0.29) is 0 Å². The van der Waals surface area contributed by atoms with E-state index in [4.69, 9.17) is 0 Å². The topological polar surface area (TPSA) is 17.1 Å². The van der Waals surface area contributed by atoms with Crippen LogP contribution in [-0.2, 0) is 4.79 Å². The van der Waals surface area contributed by atoms with Crippen molar-refractivity contribution in [3.05, 3.63) is 22.8 Å². The first-order chi connectivity index (χ1) is 8.70. The van der Waals surface area contributed by atoms with Crippen LogP contribution in [0.5, 0.6) is 0 Å². The fourth-order valence-electron chi connectivity index (χ4n) is 4.55. The van der Waals surface area contributed by atoms with E-state index in [0.29, 0.717) is 5.78 Å². The fraction of sp³-hybridized carbons (Fsp3) is 0.706. The van der Waals surface area contributed by atoms with E-state index in [1.807, 2.05) is 6.08 Å². The highest BCUT2D eigenvalue weighted by Crippen LogP contribution is 2.49. The summed E-state index contributed by atoms with van der Waals surface area (Å²) in [6, 6.07) is 0. The molecule has 3 aliphatic carbocycles. The van der Waals surface area contributed by atoms with Gasteiger partial charge in [0.15, 0.2) is 5.78 Å². The highest BCUT2D eigenvalue weighted by atomic mass is 16.1. The third kappa shape index (κ3) is 1.88. The monoisotopic (exact) mass is 244 g/mol. The van der Waals surface area contributed by atoms with Gasteiger partial charge in [-0.05, 0) is 67.1 Å². The Morgan fingerprint density at radius 1 is 1.17 bits per heavy atom. The summed E-state index contributed by atoms with van der Waals surface area (Å²) in [6.07, 6.45) is 10.1. The van der Waals surface area contributed by atoms with Crippen LogP contribution < -0.4 is 0 Å². The summed E-state index contributed by atoms with van der Waals surface area (Å²) in [5, 5.41) is 0. The number of allylic oxidation sites excluding steroid dienone is 4. The van der Waals surface area contributed by atoms with Crippen LogP contribution in [0.2, 0.25) is 0 Å². The molecule has 0 aromatic rings. The van der Waals surface area contributed by atoms with Crippen LogP contribution >= 0.6 is 0 Å². The lowest BCUT2D eigenvalue weighted by Gasteiger charge is -2.43. The second-order valence-corrected chi connectivity index (χ2v) is 6.37. The summed E-state index contributed by atoms with van der Waals surface area (Å²) in [5.41, 5.74) is 4.73. The van der Waals surface area contributed by atoms with Crippen LogP contribution in [-0.4, -0.2) is 5.78 Å². The molecule has 0 aliphatic heterocycles. The Bertz CT molecular complexity index is 427. The highest BCUT2D eigenvalue weighted by molar-refractivity contribution is 5.93. The zero-order valence-electron chi connectivity index (χ0n) is 11.7. The first-order valence-corrected chi connectivity index (χ1v) is 7.66. The maximum absolute atomic E-state index is 11.6. The first-order valence-electron chi connectivity index (χ1n) is 7.66. The molecule has 0 bridgehead atoms. The molecular weight excluding hydrogens is 220 g/mol. The van der Waals surface area contributed by atoms with Gasteiger partial charge in [-0.1, -0.05) is 25.8 Å². The van der Waals surface area contributed by atoms with Gasteiger partial charge in [-0.2, -0.15) is 0 Å². The van der Waals surface area contributed by atoms with Gasteiger partial charge < -0.3 is 0 Å². The van der Waals surface area contributed by atoms with Crippen LogP contribution in [0.15, 0.2) is 22.8 Å². The zero-order chi connectivity index (χ0) is 12.7. The molecule has 1 saturated carbocycles. The van der Waals surface area contributed by atoms with Gasteiger partial charge in [0, 0.05) is 6.42 Å². The molecule has 0 heterocycles. The van der Waals surface area contributed by atoms with Crippen LogP contribution in [0, 0.1) is 17.8 Å². The summed E-state index contributed by atoms with van der Waals surface area (Å²) in [7, 11) is 0. The van der Waals surface area contributed by atoms with Crippen molar-refractivity contribution in [2.75, 3.05) is 0 Å². The third-order valence-corrected chi connectivity index (χ3v) is 5.49. The zero-order valence-corrected chi connectivity index (χ0v) is 11.7. The summed E-state index contributed by atoms with van der Waals surface area (Å²) < 4.78 is 0. The van der Waals surface area contributed by atoms with E-state index >= 15 is 0 Å². The molecule has 3 aliphatic rings. The number of carbonyl (C=O) groups is 1. The molecule has 0 aromatic carbocycles. The van der Waals surface area contributed by atoms with E-state index in [9.17, 15) is 4.79 Å². The molecule has 1 fully saturated rings. The lowest BCUT2D eigenvalue weighted by atomic mass is 9.62. The maximum Gasteiger partial charge on any atom is 0.156 e. The average molecular weight is 244 g/mol. The Balaban J connectivity index is 1.98. The van der Waals surface area contributed by atoms with Crippen LogP contribution in [0.1, 0.15) is 58.8 Å². The molecule has 0 N–H and O–H groups in total. The Kier molecular flexibility index (Phi) is 3.17. The lowest BCUT2D eigenvalue weighted by Crippen LogP contribution is -2.32. The van der Waals surface area contributed by atoms with Crippen LogP contribution in [0.4, 0.5) is 0 Å². The molecule has 2 unspecified atom stereocenters. The predicted octanol–water partition coefficient (Wildman–Crippen LogP) is 4.44. The van der Waals surface area contributed by atoms with Gasteiger partial charge >= 0.3 is 0 Å². The normalized spacial score (nSPS) is 36.0. The largest absolute Gasteiger partial charge is 0.295 e. The number of ketones is 1. The predicted molar refractivity (Wildman–Crippen MR) is 74.3 cm³/mol. The Morgan fingerprint density at radius 2 is 2.00 bits per heavy atom. The van der Waals surface area contributed by atoms with Gasteiger partial charge in [0.25, 0.3) is 0 Å². The molecular formula is C17H24O. The molecule has 3 atom stereocenters. The van der Waals surface area contributed by atoms with Crippen molar-refractivity contribution in [1.29, 1.82) is 0 Å². The van der Waals surface area contributed by atoms with Gasteiger partial charge in [-0.25, -0.2) is 0 Å². The van der Waals surface area contributed by atoms with E-state index in [2.05, 4.69) is 13.8 Å². The molecule has 0 aromatic heterocycles. The number of hydrogen-bond acceptors (Lipinski definition) is 1. The summed E-state index contributed by atoms with van der Waals surface area (Å²) >= 11 is 0. The van der Waals surface area contributed by atoms with E-state index in [1.165, 1.54) is 31.3 Å². The quantitative estimate of drug-likeness (QED) is 0.666. The smallest absolute Gasteiger partial charge is 0.156 e. The number of carbonyl (C=O) groups excluding carboxylic acids is 1. The van der Waals surface area contributed by atoms with E-state index in [0.717, 1.165) is 37.0 Å². The minimum Gasteiger partial charge on any atom is -0.295 e. The van der Waals surface area contributed by atoms with Crippen LogP contribution in [0.3, 0.4) is 0 Å². The van der Waals surface area contributed by atoms with Gasteiger partial charge in [0.1, 0.15) is 0 Å². The van der Waals surface area contributed by atoms with Crippen LogP contribution in [0.25, 0.3) is 0 Å². The SMILES string of the molecule is CCC1C(C)CCC2=C3CCC(=O)C=C3CC[C@H]21. The fourth-order valence-corrected chi connectivity index (χ4v) is 4.55. The van der Waals surface area contributed by atoms with Crippen molar-refractivity contribution < 1.29 is 4.79 Å². The number of hydrogen-bond donors (Lipinski definition) is 0. The van der Waals surface area contributed by atoms with Gasteiger partial charge in [-0.15, -0.1) is 0 Å². The van der Waals surface area contributed by atoms with Crippen molar-refractivity contribution in [3.8, 4) is 0 Å². The third-order valence-electron chi connectivity index (χ3n) is 5.49. The molecule has 18 heavy (non-hydrogen) atoms. The van der Waals surface area contributed by atoms with Gasteiger partial charge in [0.2, 0.25) is 0 Å². The van der Waals surface area contributed by atoms with E-state index < -0.39 is 0 Å². The molecule has 0 saturated heterocycles. The Hall–Kier alpha value is -0.850. The minimum absolute atomic E-state index is 0.351. The van der Waals surface area contributed by atoms with E-state index in [1.54, 1.807) is 11.1 Å². The highest BCUT2D eigenvalue weighted by Gasteiger charge is 2.37.